The number of hydrogen-bond donors (Lipinski definition) is 0. The molecular weight excluding hydrogens is 236 g/mol. The molecule has 0 amide bonds. The molecule has 1 aliphatic rings. The van der Waals surface area contributed by atoms with Gasteiger partial charge in [0.1, 0.15) is 0 Å². The zero-order chi connectivity index (χ0) is 13.4. The van der Waals surface area contributed by atoms with Gasteiger partial charge in [-0.3, -0.25) is 0 Å². The van der Waals surface area contributed by atoms with Gasteiger partial charge in [-0.25, -0.2) is 9.50 Å². The van der Waals surface area contributed by atoms with E-state index in [0.29, 0.717) is 12.0 Å². The first-order valence-corrected chi connectivity index (χ1v) is 7.20. The molecule has 0 aliphatic carbocycles. The lowest BCUT2D eigenvalue weighted by molar-refractivity contribution is 0.165. The predicted octanol–water partition coefficient (Wildman–Crippen LogP) is 2.63. The molecule has 2 aromatic heterocycles. The lowest BCUT2D eigenvalue weighted by Crippen LogP contribution is -2.39. The van der Waals surface area contributed by atoms with Gasteiger partial charge in [0, 0.05) is 24.7 Å². The fraction of sp³-hybridized carbons (Fsp3) is 0.600. The third-order valence-corrected chi connectivity index (χ3v) is 4.06. The normalized spacial score (nSPS) is 21.4. The van der Waals surface area contributed by atoms with Gasteiger partial charge in [-0.2, -0.15) is 5.10 Å². The number of aromatic nitrogens is 3. The van der Waals surface area contributed by atoms with Gasteiger partial charge in [0.05, 0.1) is 0 Å². The summed E-state index contributed by atoms with van der Waals surface area (Å²) in [5.74, 6) is 1.49. The maximum absolute atomic E-state index is 4.72. The van der Waals surface area contributed by atoms with Crippen LogP contribution in [-0.4, -0.2) is 38.6 Å². The number of fused-ring (bicyclic) bond motifs is 1. The minimum Gasteiger partial charge on any atom is -0.300 e. The van der Waals surface area contributed by atoms with Crippen LogP contribution in [0.1, 0.15) is 44.0 Å². The van der Waals surface area contributed by atoms with Crippen LogP contribution in [0.5, 0.6) is 0 Å². The Morgan fingerprint density at radius 3 is 3.00 bits per heavy atom. The summed E-state index contributed by atoms with van der Waals surface area (Å²) >= 11 is 0. The molecule has 1 atom stereocenters. The monoisotopic (exact) mass is 258 g/mol. The summed E-state index contributed by atoms with van der Waals surface area (Å²) in [6, 6.07) is 4.79. The van der Waals surface area contributed by atoms with E-state index in [0.717, 1.165) is 18.0 Å². The fourth-order valence-electron chi connectivity index (χ4n) is 2.86. The molecule has 19 heavy (non-hydrogen) atoms. The van der Waals surface area contributed by atoms with Crippen molar-refractivity contribution in [2.45, 2.75) is 45.6 Å². The largest absolute Gasteiger partial charge is 0.300 e. The number of hydrogen-bond acceptors (Lipinski definition) is 3. The summed E-state index contributed by atoms with van der Waals surface area (Å²) in [6.07, 6.45) is 4.46. The van der Waals surface area contributed by atoms with Crippen molar-refractivity contribution in [2.24, 2.45) is 0 Å². The molecule has 0 N–H and O–H groups in total. The standard InChI is InChI=1S/C15H22N4/c1-11(2)18-7-4-5-13(10-18)15-16-14-9-12(3)6-8-19(14)17-15/h6,8-9,11,13H,4-5,7,10H2,1-3H3. The van der Waals surface area contributed by atoms with E-state index in [1.807, 2.05) is 10.7 Å². The van der Waals surface area contributed by atoms with E-state index in [9.17, 15) is 0 Å². The Morgan fingerprint density at radius 2 is 2.21 bits per heavy atom. The number of piperidine rings is 1. The summed E-state index contributed by atoms with van der Waals surface area (Å²) in [6.45, 7) is 8.93. The lowest BCUT2D eigenvalue weighted by Gasteiger charge is -2.34. The summed E-state index contributed by atoms with van der Waals surface area (Å²) in [4.78, 5) is 7.25. The lowest BCUT2D eigenvalue weighted by atomic mass is 9.96. The average Bonchev–Trinajstić information content (AvgIpc) is 2.81. The number of likely N-dealkylation sites (tertiary alicyclic amines) is 1. The first-order valence-electron chi connectivity index (χ1n) is 7.20. The molecule has 4 heteroatoms. The molecule has 1 aliphatic heterocycles. The first-order chi connectivity index (χ1) is 9.13. The van der Waals surface area contributed by atoms with Gasteiger partial charge in [0.15, 0.2) is 11.5 Å². The van der Waals surface area contributed by atoms with Crippen molar-refractivity contribution in [3.63, 3.8) is 0 Å². The van der Waals surface area contributed by atoms with E-state index in [4.69, 9.17) is 4.98 Å². The van der Waals surface area contributed by atoms with Crippen LogP contribution in [0.4, 0.5) is 0 Å². The second-order valence-corrected chi connectivity index (χ2v) is 5.90. The highest BCUT2D eigenvalue weighted by Gasteiger charge is 2.25. The molecule has 0 bridgehead atoms. The summed E-state index contributed by atoms with van der Waals surface area (Å²) in [5.41, 5.74) is 2.20. The smallest absolute Gasteiger partial charge is 0.156 e. The molecule has 2 aromatic rings. The Hall–Kier alpha value is -1.42. The van der Waals surface area contributed by atoms with Crippen LogP contribution in [0.3, 0.4) is 0 Å². The fourth-order valence-corrected chi connectivity index (χ4v) is 2.86. The van der Waals surface area contributed by atoms with E-state index >= 15 is 0 Å². The quantitative estimate of drug-likeness (QED) is 0.830. The van der Waals surface area contributed by atoms with E-state index < -0.39 is 0 Å². The van der Waals surface area contributed by atoms with Crippen molar-refractivity contribution < 1.29 is 0 Å². The molecular formula is C15H22N4. The van der Waals surface area contributed by atoms with Gasteiger partial charge < -0.3 is 4.90 Å². The molecule has 1 fully saturated rings. The van der Waals surface area contributed by atoms with Crippen molar-refractivity contribution in [3.8, 4) is 0 Å². The third-order valence-electron chi connectivity index (χ3n) is 4.06. The van der Waals surface area contributed by atoms with Gasteiger partial charge >= 0.3 is 0 Å². The van der Waals surface area contributed by atoms with Crippen LogP contribution in [0, 0.1) is 6.92 Å². The highest BCUT2D eigenvalue weighted by atomic mass is 15.3. The third kappa shape index (κ3) is 2.50. The molecule has 0 saturated carbocycles. The Morgan fingerprint density at radius 1 is 1.37 bits per heavy atom. The average molecular weight is 258 g/mol. The Kier molecular flexibility index (Phi) is 3.27. The minimum absolute atomic E-state index is 0.483. The summed E-state index contributed by atoms with van der Waals surface area (Å²) < 4.78 is 1.90. The zero-order valence-electron chi connectivity index (χ0n) is 12.0. The van der Waals surface area contributed by atoms with E-state index in [1.165, 1.54) is 24.9 Å². The van der Waals surface area contributed by atoms with Crippen LogP contribution < -0.4 is 0 Å². The molecule has 1 saturated heterocycles. The maximum Gasteiger partial charge on any atom is 0.156 e. The topological polar surface area (TPSA) is 33.4 Å². The van der Waals surface area contributed by atoms with Gasteiger partial charge in [0.2, 0.25) is 0 Å². The van der Waals surface area contributed by atoms with Crippen LogP contribution in [0.2, 0.25) is 0 Å². The zero-order valence-corrected chi connectivity index (χ0v) is 12.0. The predicted molar refractivity (Wildman–Crippen MR) is 76.4 cm³/mol. The van der Waals surface area contributed by atoms with Crippen molar-refractivity contribution in [3.05, 3.63) is 29.7 Å². The molecule has 0 radical (unpaired) electrons. The molecule has 0 aromatic carbocycles. The number of nitrogens with zero attached hydrogens (tertiary/aromatic N) is 4. The molecule has 4 nitrogen and oxygen atoms in total. The molecule has 1 unspecified atom stereocenters. The van der Waals surface area contributed by atoms with Gasteiger partial charge in [-0.15, -0.1) is 0 Å². The summed E-state index contributed by atoms with van der Waals surface area (Å²) in [7, 11) is 0. The van der Waals surface area contributed by atoms with Crippen LogP contribution in [0.25, 0.3) is 5.65 Å². The highest BCUT2D eigenvalue weighted by Crippen LogP contribution is 2.26. The number of pyridine rings is 1. The van der Waals surface area contributed by atoms with Crippen LogP contribution in [0.15, 0.2) is 18.3 Å². The van der Waals surface area contributed by atoms with Crippen molar-refractivity contribution in [1.29, 1.82) is 0 Å². The maximum atomic E-state index is 4.72. The van der Waals surface area contributed by atoms with E-state index in [2.05, 4.69) is 42.9 Å². The second-order valence-electron chi connectivity index (χ2n) is 5.90. The van der Waals surface area contributed by atoms with E-state index in [1.54, 1.807) is 0 Å². The molecule has 102 valence electrons. The van der Waals surface area contributed by atoms with Crippen molar-refractivity contribution >= 4 is 5.65 Å². The number of rotatable bonds is 2. The Bertz CT molecular complexity index is 573. The Balaban J connectivity index is 1.87. The van der Waals surface area contributed by atoms with Gasteiger partial charge in [-0.1, -0.05) is 0 Å². The van der Waals surface area contributed by atoms with Gasteiger partial charge in [0.25, 0.3) is 0 Å². The van der Waals surface area contributed by atoms with Gasteiger partial charge in [-0.05, 0) is 57.9 Å². The van der Waals surface area contributed by atoms with Crippen LogP contribution >= 0.6 is 0 Å². The number of aryl methyl sites for hydroxylation is 1. The minimum atomic E-state index is 0.483. The summed E-state index contributed by atoms with van der Waals surface area (Å²) in [5, 5.41) is 4.65. The van der Waals surface area contributed by atoms with Crippen molar-refractivity contribution in [1.82, 2.24) is 19.5 Å². The highest BCUT2D eigenvalue weighted by molar-refractivity contribution is 5.40. The van der Waals surface area contributed by atoms with Crippen LogP contribution in [-0.2, 0) is 0 Å². The first kappa shape index (κ1) is 12.6. The molecule has 3 rings (SSSR count). The van der Waals surface area contributed by atoms with E-state index in [-0.39, 0.29) is 0 Å². The molecule has 0 spiro atoms. The Labute approximate surface area is 114 Å². The van der Waals surface area contributed by atoms with Crippen molar-refractivity contribution in [2.75, 3.05) is 13.1 Å². The second kappa shape index (κ2) is 4.93. The SMILES string of the molecule is Cc1ccn2nc(C3CCCN(C(C)C)C3)nc2c1. The molecule has 3 heterocycles.